The van der Waals surface area contributed by atoms with Crippen molar-refractivity contribution in [1.29, 1.82) is 0 Å². The van der Waals surface area contributed by atoms with Crippen LogP contribution in [0.25, 0.3) is 0 Å². The van der Waals surface area contributed by atoms with E-state index in [0.29, 0.717) is 23.9 Å². The number of phosphoric acid groups is 1. The molecule has 0 aliphatic rings. The molecule has 0 rings (SSSR count). The lowest BCUT2D eigenvalue weighted by Crippen LogP contribution is -2.46. The van der Waals surface area contributed by atoms with E-state index in [1.54, 1.807) is 0 Å². The lowest BCUT2D eigenvalue weighted by atomic mass is 10.0. The van der Waals surface area contributed by atoms with Crippen LogP contribution in [0, 0.1) is 0 Å². The Kier molecular flexibility index (Phi) is 44.8. The molecule has 8 nitrogen and oxygen atoms in total. The van der Waals surface area contributed by atoms with E-state index < -0.39 is 20.0 Å². The SMILES string of the molecule is CCCCCCC/C=C\CCCCCCCC(=O)NC(COP(=O)(O)OCC[N+](C)(C)C)C(O)CCCCCCCCCCCCCCCCCCCCCCCCCCCC. The van der Waals surface area contributed by atoms with Crippen LogP contribution in [0.2, 0.25) is 0 Å². The fourth-order valence-electron chi connectivity index (χ4n) is 8.22. The summed E-state index contributed by atoms with van der Waals surface area (Å²) in [5.74, 6) is -0.150. The normalized spacial score (nSPS) is 14.1. The van der Waals surface area contributed by atoms with Crippen LogP contribution in [0.3, 0.4) is 0 Å². The van der Waals surface area contributed by atoms with E-state index in [-0.39, 0.29) is 19.1 Å². The van der Waals surface area contributed by atoms with Crippen LogP contribution in [0.4, 0.5) is 0 Å². The zero-order valence-corrected chi connectivity index (χ0v) is 43.0. The third-order valence-corrected chi connectivity index (χ3v) is 13.5. The molecule has 0 heterocycles. The number of quaternary nitrogens is 1. The number of aliphatic hydroxyl groups excluding tert-OH is 1. The molecule has 370 valence electrons. The minimum absolute atomic E-state index is 0.0753. The standard InChI is InChI=1S/C53H107N2O6P/c1-6-8-10-12-14-16-18-20-22-23-24-25-26-27-28-29-30-31-32-33-34-36-38-40-42-44-46-52(56)51(50-61-62(58,59)60-49-48-55(3,4)5)54-53(57)47-45-43-41-39-37-35-21-19-17-15-13-11-9-7-2/h19,21,51-52,56H,6-18,20,22-50H2,1-5H3,(H-,54,57,58,59)/p+1/b21-19-. The third kappa shape index (κ3) is 47.2. The maximum absolute atomic E-state index is 12.9. The highest BCUT2D eigenvalue weighted by atomic mass is 31.2. The van der Waals surface area contributed by atoms with Crippen molar-refractivity contribution in [3.05, 3.63) is 12.2 Å². The number of hydrogen-bond acceptors (Lipinski definition) is 5. The summed E-state index contributed by atoms with van der Waals surface area (Å²) in [6, 6.07) is -0.761. The third-order valence-electron chi connectivity index (χ3n) is 12.5. The molecule has 0 saturated heterocycles. The predicted molar refractivity (Wildman–Crippen MR) is 268 cm³/mol. The molecule has 3 N–H and O–H groups in total. The van der Waals surface area contributed by atoms with Crippen molar-refractivity contribution in [3.63, 3.8) is 0 Å². The zero-order chi connectivity index (χ0) is 45.7. The van der Waals surface area contributed by atoms with E-state index in [2.05, 4.69) is 31.3 Å². The second kappa shape index (κ2) is 45.4. The Morgan fingerprint density at radius 1 is 0.532 bits per heavy atom. The number of carbonyl (C=O) groups excluding carboxylic acids is 1. The van der Waals surface area contributed by atoms with Crippen molar-refractivity contribution < 1.29 is 32.9 Å². The average molecular weight is 900 g/mol. The largest absolute Gasteiger partial charge is 0.472 e. The van der Waals surface area contributed by atoms with Gasteiger partial charge in [-0.2, -0.15) is 0 Å². The highest BCUT2D eigenvalue weighted by molar-refractivity contribution is 7.47. The number of allylic oxidation sites excluding steroid dienone is 2. The van der Waals surface area contributed by atoms with Crippen LogP contribution < -0.4 is 5.32 Å². The van der Waals surface area contributed by atoms with E-state index in [0.717, 1.165) is 51.4 Å². The van der Waals surface area contributed by atoms with Crippen LogP contribution in [-0.4, -0.2) is 73.4 Å². The van der Waals surface area contributed by atoms with Crippen molar-refractivity contribution in [2.24, 2.45) is 0 Å². The van der Waals surface area contributed by atoms with E-state index >= 15 is 0 Å². The molecule has 1 amide bonds. The van der Waals surface area contributed by atoms with Gasteiger partial charge in [0.25, 0.3) is 0 Å². The summed E-state index contributed by atoms with van der Waals surface area (Å²) >= 11 is 0. The van der Waals surface area contributed by atoms with Crippen LogP contribution >= 0.6 is 7.82 Å². The van der Waals surface area contributed by atoms with Crippen molar-refractivity contribution in [2.45, 2.75) is 283 Å². The van der Waals surface area contributed by atoms with Gasteiger partial charge in [-0.25, -0.2) is 4.57 Å². The number of rotatable bonds is 50. The van der Waals surface area contributed by atoms with E-state index in [9.17, 15) is 19.4 Å². The lowest BCUT2D eigenvalue weighted by Gasteiger charge is -2.26. The molecule has 62 heavy (non-hydrogen) atoms. The second-order valence-electron chi connectivity index (χ2n) is 20.0. The van der Waals surface area contributed by atoms with Gasteiger partial charge in [-0.05, 0) is 38.5 Å². The van der Waals surface area contributed by atoms with E-state index in [1.165, 1.54) is 193 Å². The number of likely N-dealkylation sites (N-methyl/N-ethyl adjacent to an activating group) is 1. The number of amides is 1. The molecule has 0 radical (unpaired) electrons. The van der Waals surface area contributed by atoms with Crippen LogP contribution in [0.15, 0.2) is 12.2 Å². The first-order valence-electron chi connectivity index (χ1n) is 27.1. The van der Waals surface area contributed by atoms with Crippen molar-refractivity contribution in [3.8, 4) is 0 Å². The number of phosphoric ester groups is 1. The number of hydrogen-bond donors (Lipinski definition) is 3. The summed E-state index contributed by atoms with van der Waals surface area (Å²) in [6.07, 6.45) is 54.1. The first kappa shape index (κ1) is 61.2. The Labute approximate surface area is 386 Å². The summed E-state index contributed by atoms with van der Waals surface area (Å²) < 4.78 is 23.7. The Bertz CT molecular complexity index is 1020. The van der Waals surface area contributed by atoms with Gasteiger partial charge < -0.3 is 19.8 Å². The summed E-state index contributed by atoms with van der Waals surface area (Å²) in [5.41, 5.74) is 0. The molecule has 0 fully saturated rings. The van der Waals surface area contributed by atoms with Gasteiger partial charge in [-0.1, -0.05) is 238 Å². The molecule has 0 aromatic carbocycles. The van der Waals surface area contributed by atoms with Crippen LogP contribution in [0.5, 0.6) is 0 Å². The summed E-state index contributed by atoms with van der Waals surface area (Å²) in [4.78, 5) is 23.2. The van der Waals surface area contributed by atoms with Gasteiger partial charge in [0, 0.05) is 6.42 Å². The molecular weight excluding hydrogens is 792 g/mol. The van der Waals surface area contributed by atoms with Crippen LogP contribution in [-0.2, 0) is 18.4 Å². The molecule has 0 saturated carbocycles. The molecule has 0 aromatic rings. The van der Waals surface area contributed by atoms with Crippen molar-refractivity contribution in [2.75, 3.05) is 40.9 Å². The van der Waals surface area contributed by atoms with Gasteiger partial charge in [-0.15, -0.1) is 0 Å². The number of nitrogens with zero attached hydrogens (tertiary/aromatic N) is 1. The first-order valence-corrected chi connectivity index (χ1v) is 28.5. The molecule has 3 atom stereocenters. The minimum Gasteiger partial charge on any atom is -0.391 e. The smallest absolute Gasteiger partial charge is 0.391 e. The highest BCUT2D eigenvalue weighted by Crippen LogP contribution is 2.43. The van der Waals surface area contributed by atoms with E-state index in [4.69, 9.17) is 9.05 Å². The Morgan fingerprint density at radius 3 is 1.24 bits per heavy atom. The average Bonchev–Trinajstić information content (AvgIpc) is 3.23. The molecule has 0 aliphatic carbocycles. The lowest BCUT2D eigenvalue weighted by molar-refractivity contribution is -0.870. The highest BCUT2D eigenvalue weighted by Gasteiger charge is 2.28. The summed E-state index contributed by atoms with van der Waals surface area (Å²) in [5, 5.41) is 14.0. The quantitative estimate of drug-likeness (QED) is 0.0243. The van der Waals surface area contributed by atoms with Gasteiger partial charge in [-0.3, -0.25) is 13.8 Å². The Hall–Kier alpha value is -0.760. The number of unbranched alkanes of at least 4 members (excludes halogenated alkanes) is 35. The van der Waals surface area contributed by atoms with Gasteiger partial charge in [0.15, 0.2) is 0 Å². The predicted octanol–water partition coefficient (Wildman–Crippen LogP) is 15.9. The molecule has 0 bridgehead atoms. The monoisotopic (exact) mass is 900 g/mol. The van der Waals surface area contributed by atoms with Crippen molar-refractivity contribution in [1.82, 2.24) is 5.32 Å². The number of aliphatic hydroxyl groups is 1. The maximum atomic E-state index is 12.9. The number of nitrogens with one attached hydrogen (secondary N) is 1. The van der Waals surface area contributed by atoms with Crippen molar-refractivity contribution >= 4 is 13.7 Å². The summed E-state index contributed by atoms with van der Waals surface area (Å²) in [6.45, 7) is 4.90. The van der Waals surface area contributed by atoms with Crippen LogP contribution in [0.1, 0.15) is 271 Å². The molecule has 0 aliphatic heterocycles. The molecule has 3 unspecified atom stereocenters. The maximum Gasteiger partial charge on any atom is 0.472 e. The Morgan fingerprint density at radius 2 is 0.871 bits per heavy atom. The summed E-state index contributed by atoms with van der Waals surface area (Å²) in [7, 11) is 1.62. The molecule has 0 aromatic heterocycles. The fraction of sp³-hybridized carbons (Fsp3) is 0.943. The molecule has 0 spiro atoms. The second-order valence-corrected chi connectivity index (χ2v) is 21.4. The Balaban J connectivity index is 4.12. The minimum atomic E-state index is -4.32. The van der Waals surface area contributed by atoms with Gasteiger partial charge in [0.1, 0.15) is 13.2 Å². The van der Waals surface area contributed by atoms with E-state index in [1.807, 2.05) is 21.1 Å². The van der Waals surface area contributed by atoms with Gasteiger partial charge in [0.05, 0.1) is 39.9 Å². The first-order chi connectivity index (χ1) is 30.0. The zero-order valence-electron chi connectivity index (χ0n) is 42.1. The fourth-order valence-corrected chi connectivity index (χ4v) is 8.96. The topological polar surface area (TPSA) is 105 Å². The molecule has 9 heteroatoms. The van der Waals surface area contributed by atoms with Gasteiger partial charge >= 0.3 is 7.82 Å². The molecular formula is C53H108N2O6P+. The number of carbonyl (C=O) groups is 1. The van der Waals surface area contributed by atoms with Gasteiger partial charge in [0.2, 0.25) is 5.91 Å².